The lowest BCUT2D eigenvalue weighted by Crippen LogP contribution is -2.32. The normalized spacial score (nSPS) is 13.0. The van der Waals surface area contributed by atoms with E-state index in [0.29, 0.717) is 5.06 Å². The van der Waals surface area contributed by atoms with Gasteiger partial charge in [-0.2, -0.15) is 5.26 Å². The Hall–Kier alpha value is -3.40. The molecular formula is C14H6N2O5. The van der Waals surface area contributed by atoms with Gasteiger partial charge in [0.2, 0.25) is 11.5 Å². The quantitative estimate of drug-likeness (QED) is 0.774. The van der Waals surface area contributed by atoms with Gasteiger partial charge in [-0.25, -0.2) is 4.79 Å². The van der Waals surface area contributed by atoms with Gasteiger partial charge in [-0.15, -0.1) is 0 Å². The Bertz CT molecular complexity index is 780. The van der Waals surface area contributed by atoms with Gasteiger partial charge >= 0.3 is 5.97 Å². The number of hydroxylamine groups is 2. The molecule has 0 aliphatic carbocycles. The van der Waals surface area contributed by atoms with E-state index in [9.17, 15) is 14.4 Å². The highest BCUT2D eigenvalue weighted by Gasteiger charge is 2.39. The van der Waals surface area contributed by atoms with Gasteiger partial charge in [0, 0.05) is 0 Å². The van der Waals surface area contributed by atoms with E-state index in [1.54, 1.807) is 18.2 Å². The van der Waals surface area contributed by atoms with Gasteiger partial charge in [0.15, 0.2) is 0 Å². The lowest BCUT2D eigenvalue weighted by Gasteiger charge is -2.11. The maximum Gasteiger partial charge on any atom is 0.399 e. The molecule has 1 aromatic heterocycles. The zero-order valence-electron chi connectivity index (χ0n) is 10.4. The Kier molecular flexibility index (Phi) is 2.77. The Morgan fingerprint density at radius 1 is 1.10 bits per heavy atom. The van der Waals surface area contributed by atoms with Crippen molar-refractivity contribution >= 4 is 17.8 Å². The van der Waals surface area contributed by atoms with Gasteiger partial charge in [0.05, 0.1) is 11.1 Å². The number of nitriles is 1. The van der Waals surface area contributed by atoms with Gasteiger partial charge in [-0.1, -0.05) is 17.2 Å². The number of amides is 2. The van der Waals surface area contributed by atoms with E-state index in [0.717, 1.165) is 0 Å². The van der Waals surface area contributed by atoms with Crippen molar-refractivity contribution in [2.45, 2.75) is 0 Å². The number of furan rings is 1. The zero-order chi connectivity index (χ0) is 15.0. The number of hydrogen-bond acceptors (Lipinski definition) is 6. The topological polar surface area (TPSA) is 101 Å². The predicted molar refractivity (Wildman–Crippen MR) is 65.8 cm³/mol. The SMILES string of the molecule is N#Cc1ccc(C(=O)ON2C(=O)c3ccccc3C2=O)o1. The molecule has 102 valence electrons. The molecule has 7 nitrogen and oxygen atoms in total. The first-order valence-corrected chi connectivity index (χ1v) is 5.82. The summed E-state index contributed by atoms with van der Waals surface area (Å²) >= 11 is 0. The molecule has 0 unspecified atom stereocenters. The van der Waals surface area contributed by atoms with Gasteiger partial charge < -0.3 is 9.25 Å². The molecular weight excluding hydrogens is 276 g/mol. The summed E-state index contributed by atoms with van der Waals surface area (Å²) < 4.78 is 4.87. The molecule has 0 radical (unpaired) electrons. The standard InChI is InChI=1S/C14H6N2O5/c15-7-8-5-6-11(20-8)14(19)21-16-12(17)9-3-1-2-4-10(9)13(16)18/h1-6H. The highest BCUT2D eigenvalue weighted by Crippen LogP contribution is 2.23. The van der Waals surface area contributed by atoms with E-state index in [1.165, 1.54) is 24.3 Å². The molecule has 1 aliphatic rings. The van der Waals surface area contributed by atoms with Crippen molar-refractivity contribution in [2.24, 2.45) is 0 Å². The minimum Gasteiger partial charge on any atom is -0.438 e. The molecule has 2 amide bonds. The molecule has 0 saturated heterocycles. The molecule has 21 heavy (non-hydrogen) atoms. The molecule has 0 fully saturated rings. The maximum absolute atomic E-state index is 12.0. The summed E-state index contributed by atoms with van der Waals surface area (Å²) in [7, 11) is 0. The van der Waals surface area contributed by atoms with E-state index in [2.05, 4.69) is 0 Å². The lowest BCUT2D eigenvalue weighted by atomic mass is 10.1. The second kappa shape index (κ2) is 4.61. The first-order chi connectivity index (χ1) is 10.1. The summed E-state index contributed by atoms with van der Waals surface area (Å²) in [5.74, 6) is -2.84. The summed E-state index contributed by atoms with van der Waals surface area (Å²) in [5, 5.41) is 8.98. The number of fused-ring (bicyclic) bond motifs is 1. The van der Waals surface area contributed by atoms with Crippen molar-refractivity contribution in [1.29, 1.82) is 5.26 Å². The van der Waals surface area contributed by atoms with Crippen LogP contribution in [0.3, 0.4) is 0 Å². The minimum absolute atomic E-state index is 0.0793. The van der Waals surface area contributed by atoms with Crippen LogP contribution in [0.4, 0.5) is 0 Å². The summed E-state index contributed by atoms with van der Waals surface area (Å²) in [6, 6.07) is 10.3. The van der Waals surface area contributed by atoms with Crippen molar-refractivity contribution in [3.63, 3.8) is 0 Å². The van der Waals surface area contributed by atoms with Crippen LogP contribution in [0.1, 0.15) is 37.0 Å². The third-order valence-corrected chi connectivity index (χ3v) is 2.85. The van der Waals surface area contributed by atoms with Crippen LogP contribution in [0.15, 0.2) is 40.8 Å². The average Bonchev–Trinajstić information content (AvgIpc) is 3.07. The highest BCUT2D eigenvalue weighted by atomic mass is 16.7. The van der Waals surface area contributed by atoms with Crippen LogP contribution < -0.4 is 0 Å². The molecule has 0 bridgehead atoms. The minimum atomic E-state index is -1.04. The molecule has 2 heterocycles. The average molecular weight is 282 g/mol. The van der Waals surface area contributed by atoms with E-state index >= 15 is 0 Å². The second-order valence-electron chi connectivity index (χ2n) is 4.10. The molecule has 0 atom stereocenters. The molecule has 1 aliphatic heterocycles. The van der Waals surface area contributed by atoms with Crippen molar-refractivity contribution < 1.29 is 23.6 Å². The number of carbonyl (C=O) groups excluding carboxylic acids is 3. The number of rotatable bonds is 2. The third kappa shape index (κ3) is 1.95. The lowest BCUT2D eigenvalue weighted by molar-refractivity contribution is -0.0603. The Morgan fingerprint density at radius 2 is 1.71 bits per heavy atom. The maximum atomic E-state index is 12.0. The van der Waals surface area contributed by atoms with Crippen molar-refractivity contribution in [2.75, 3.05) is 0 Å². The van der Waals surface area contributed by atoms with Crippen LogP contribution in [0.5, 0.6) is 0 Å². The van der Waals surface area contributed by atoms with Crippen LogP contribution in [-0.4, -0.2) is 22.8 Å². The van der Waals surface area contributed by atoms with Crippen molar-refractivity contribution in [3.8, 4) is 6.07 Å². The van der Waals surface area contributed by atoms with Crippen LogP contribution in [-0.2, 0) is 4.84 Å². The molecule has 2 aromatic rings. The van der Waals surface area contributed by atoms with Crippen LogP contribution in [0.2, 0.25) is 0 Å². The van der Waals surface area contributed by atoms with E-state index in [1.807, 2.05) is 0 Å². The van der Waals surface area contributed by atoms with Crippen LogP contribution >= 0.6 is 0 Å². The number of imide groups is 1. The fourth-order valence-electron chi connectivity index (χ4n) is 1.89. The number of hydrogen-bond donors (Lipinski definition) is 0. The Morgan fingerprint density at radius 3 is 2.24 bits per heavy atom. The zero-order valence-corrected chi connectivity index (χ0v) is 10.4. The molecule has 0 N–H and O–H groups in total. The van der Waals surface area contributed by atoms with Gasteiger partial charge in [-0.3, -0.25) is 9.59 Å². The Balaban J connectivity index is 1.84. The Labute approximate surface area is 117 Å². The second-order valence-corrected chi connectivity index (χ2v) is 4.10. The molecule has 7 heteroatoms. The highest BCUT2D eigenvalue weighted by molar-refractivity contribution is 6.21. The van der Waals surface area contributed by atoms with E-state index < -0.39 is 17.8 Å². The monoisotopic (exact) mass is 282 g/mol. The van der Waals surface area contributed by atoms with Crippen molar-refractivity contribution in [3.05, 3.63) is 59.0 Å². The molecule has 3 rings (SSSR count). The first kappa shape index (κ1) is 12.6. The number of nitrogens with zero attached hydrogens (tertiary/aromatic N) is 2. The van der Waals surface area contributed by atoms with Gasteiger partial charge in [0.1, 0.15) is 6.07 Å². The van der Waals surface area contributed by atoms with Crippen molar-refractivity contribution in [1.82, 2.24) is 5.06 Å². The number of benzene rings is 1. The smallest absolute Gasteiger partial charge is 0.399 e. The fourth-order valence-corrected chi connectivity index (χ4v) is 1.89. The largest absolute Gasteiger partial charge is 0.438 e. The van der Waals surface area contributed by atoms with Crippen LogP contribution in [0, 0.1) is 11.3 Å². The van der Waals surface area contributed by atoms with E-state index in [4.69, 9.17) is 14.5 Å². The number of carbonyl (C=O) groups is 3. The summed E-state index contributed by atoms with van der Waals surface area (Å²) in [5.41, 5.74) is 0.319. The summed E-state index contributed by atoms with van der Waals surface area (Å²) in [6.45, 7) is 0. The van der Waals surface area contributed by atoms with Gasteiger partial charge in [-0.05, 0) is 24.3 Å². The van der Waals surface area contributed by atoms with Gasteiger partial charge in [0.25, 0.3) is 11.8 Å². The summed E-state index contributed by atoms with van der Waals surface area (Å²) in [4.78, 5) is 40.5. The predicted octanol–water partition coefficient (Wildman–Crippen LogP) is 1.52. The fraction of sp³-hybridized carbons (Fsp3) is 0. The van der Waals surface area contributed by atoms with E-state index in [-0.39, 0.29) is 22.6 Å². The third-order valence-electron chi connectivity index (χ3n) is 2.85. The molecule has 1 aromatic carbocycles. The summed E-state index contributed by atoms with van der Waals surface area (Å²) in [6.07, 6.45) is 0. The molecule has 0 saturated carbocycles. The first-order valence-electron chi connectivity index (χ1n) is 5.82. The van der Waals surface area contributed by atoms with Crippen LogP contribution in [0.25, 0.3) is 0 Å². The molecule has 0 spiro atoms.